The molecule has 0 aromatic heterocycles. The van der Waals surface area contributed by atoms with Crippen LogP contribution in [-0.4, -0.2) is 54.8 Å². The Labute approximate surface area is 81.8 Å². The van der Waals surface area contributed by atoms with Gasteiger partial charge >= 0.3 is 0 Å². The van der Waals surface area contributed by atoms with E-state index >= 15 is 0 Å². The van der Waals surface area contributed by atoms with Crippen molar-refractivity contribution in [3.63, 3.8) is 0 Å². The van der Waals surface area contributed by atoms with Crippen molar-refractivity contribution in [3.8, 4) is 0 Å². The van der Waals surface area contributed by atoms with Gasteiger partial charge in [0.2, 0.25) is 0 Å². The molecule has 4 heteroatoms. The molecule has 1 rings (SSSR count). The summed E-state index contributed by atoms with van der Waals surface area (Å²) in [7, 11) is 0. The number of aliphatic hydroxyl groups is 1. The molecule has 1 aliphatic rings. The van der Waals surface area contributed by atoms with Crippen LogP contribution >= 0.6 is 15.9 Å². The highest BCUT2D eigenvalue weighted by Gasteiger charge is 2.14. The number of hydrogen-bond donors (Lipinski definition) is 1. The number of hydrogen-bond acceptors (Lipinski definition) is 3. The first kappa shape index (κ1) is 10.4. The summed E-state index contributed by atoms with van der Waals surface area (Å²) in [6.07, 6.45) is 0. The molecule has 1 N–H and O–H groups in total. The molecule has 0 aliphatic carbocycles. The first-order chi connectivity index (χ1) is 5.86. The van der Waals surface area contributed by atoms with Crippen LogP contribution in [0.2, 0.25) is 0 Å². The van der Waals surface area contributed by atoms with Crippen molar-refractivity contribution in [2.45, 2.75) is 0 Å². The number of ether oxygens (including phenoxy) is 1. The molecule has 0 aromatic carbocycles. The van der Waals surface area contributed by atoms with Crippen LogP contribution < -0.4 is 0 Å². The molecule has 0 aromatic rings. The van der Waals surface area contributed by atoms with Gasteiger partial charge in [0.15, 0.2) is 0 Å². The molecule has 1 aliphatic heterocycles. The number of halogens is 1. The molecule has 72 valence electrons. The largest absolute Gasteiger partial charge is 0.396 e. The molecule has 0 bridgehead atoms. The van der Waals surface area contributed by atoms with Crippen molar-refractivity contribution in [1.29, 1.82) is 0 Å². The minimum Gasteiger partial charge on any atom is -0.396 e. The van der Waals surface area contributed by atoms with Crippen molar-refractivity contribution < 1.29 is 9.84 Å². The summed E-state index contributed by atoms with van der Waals surface area (Å²) in [6.45, 7) is 4.92. The fourth-order valence-corrected chi connectivity index (χ4v) is 1.71. The zero-order valence-electron chi connectivity index (χ0n) is 7.21. The van der Waals surface area contributed by atoms with Gasteiger partial charge in [-0.1, -0.05) is 15.9 Å². The lowest BCUT2D eigenvalue weighted by Crippen LogP contribution is -2.40. The van der Waals surface area contributed by atoms with Crippen LogP contribution in [0, 0.1) is 5.92 Å². The molecule has 12 heavy (non-hydrogen) atoms. The maximum atomic E-state index is 8.97. The van der Waals surface area contributed by atoms with Crippen molar-refractivity contribution in [1.82, 2.24) is 4.90 Å². The van der Waals surface area contributed by atoms with Crippen LogP contribution in [0.5, 0.6) is 0 Å². The summed E-state index contributed by atoms with van der Waals surface area (Å²) < 4.78 is 5.23. The lowest BCUT2D eigenvalue weighted by atomic mass is 10.2. The van der Waals surface area contributed by atoms with Gasteiger partial charge in [0.25, 0.3) is 0 Å². The summed E-state index contributed by atoms with van der Waals surface area (Å²) >= 11 is 3.38. The second-order valence-corrected chi connectivity index (χ2v) is 3.76. The molecule has 1 heterocycles. The Bertz CT molecular complexity index is 114. The van der Waals surface area contributed by atoms with Gasteiger partial charge in [-0.05, 0) is 0 Å². The fourth-order valence-electron chi connectivity index (χ4n) is 1.30. The Balaban J connectivity index is 2.18. The summed E-state index contributed by atoms with van der Waals surface area (Å²) in [4.78, 5) is 2.34. The van der Waals surface area contributed by atoms with E-state index < -0.39 is 0 Å². The third-order valence-corrected chi connectivity index (χ3v) is 3.01. The van der Waals surface area contributed by atoms with Gasteiger partial charge < -0.3 is 9.84 Å². The highest BCUT2D eigenvalue weighted by atomic mass is 79.9. The molecule has 1 unspecified atom stereocenters. The van der Waals surface area contributed by atoms with Crippen LogP contribution in [0.15, 0.2) is 0 Å². The third-order valence-electron chi connectivity index (χ3n) is 2.10. The second kappa shape index (κ2) is 5.91. The lowest BCUT2D eigenvalue weighted by molar-refractivity contribution is 0.0279. The quantitative estimate of drug-likeness (QED) is 0.716. The van der Waals surface area contributed by atoms with E-state index in [1.807, 2.05) is 0 Å². The van der Waals surface area contributed by atoms with Crippen LogP contribution in [0.25, 0.3) is 0 Å². The summed E-state index contributed by atoms with van der Waals surface area (Å²) in [5, 5.41) is 9.84. The highest BCUT2D eigenvalue weighted by Crippen LogP contribution is 2.05. The smallest absolute Gasteiger partial charge is 0.0594 e. The van der Waals surface area contributed by atoms with Gasteiger partial charge in [-0.25, -0.2) is 0 Å². The van der Waals surface area contributed by atoms with Gasteiger partial charge in [-0.15, -0.1) is 0 Å². The first-order valence-corrected chi connectivity index (χ1v) is 5.46. The Morgan fingerprint density at radius 3 is 2.58 bits per heavy atom. The van der Waals surface area contributed by atoms with Crippen LogP contribution in [0.3, 0.4) is 0 Å². The molecule has 1 saturated heterocycles. The predicted molar refractivity (Wildman–Crippen MR) is 51.6 cm³/mol. The molecule has 3 nitrogen and oxygen atoms in total. The summed E-state index contributed by atoms with van der Waals surface area (Å²) in [6, 6.07) is 0. The zero-order chi connectivity index (χ0) is 8.81. The van der Waals surface area contributed by atoms with E-state index in [4.69, 9.17) is 9.84 Å². The topological polar surface area (TPSA) is 32.7 Å². The highest BCUT2D eigenvalue weighted by molar-refractivity contribution is 9.09. The summed E-state index contributed by atoms with van der Waals surface area (Å²) in [5.41, 5.74) is 0. The van der Waals surface area contributed by atoms with Crippen molar-refractivity contribution >= 4 is 15.9 Å². The maximum Gasteiger partial charge on any atom is 0.0594 e. The van der Waals surface area contributed by atoms with E-state index in [0.29, 0.717) is 5.92 Å². The van der Waals surface area contributed by atoms with Crippen molar-refractivity contribution in [2.24, 2.45) is 5.92 Å². The SMILES string of the molecule is OCC(CBr)CN1CCOCC1. The second-order valence-electron chi connectivity index (χ2n) is 3.12. The van der Waals surface area contributed by atoms with E-state index in [-0.39, 0.29) is 6.61 Å². The molecule has 1 fully saturated rings. The average Bonchev–Trinajstić information content (AvgIpc) is 2.16. The van der Waals surface area contributed by atoms with Gasteiger partial charge in [-0.3, -0.25) is 4.90 Å². The minimum absolute atomic E-state index is 0.266. The average molecular weight is 238 g/mol. The predicted octanol–water partition coefficient (Wildman–Crippen LogP) is 0.322. The Hall–Kier alpha value is 0.360. The monoisotopic (exact) mass is 237 g/mol. The molecule has 0 amide bonds. The van der Waals surface area contributed by atoms with Gasteiger partial charge in [0.1, 0.15) is 0 Å². The Kier molecular flexibility index (Phi) is 5.14. The normalized spacial score (nSPS) is 22.5. The van der Waals surface area contributed by atoms with E-state index in [2.05, 4.69) is 20.8 Å². The van der Waals surface area contributed by atoms with Crippen LogP contribution in [0.1, 0.15) is 0 Å². The molecule has 0 saturated carbocycles. The number of nitrogens with zero attached hydrogens (tertiary/aromatic N) is 1. The molecular weight excluding hydrogens is 222 g/mol. The van der Waals surface area contributed by atoms with Crippen molar-refractivity contribution in [2.75, 3.05) is 44.8 Å². The van der Waals surface area contributed by atoms with E-state index in [1.165, 1.54) is 0 Å². The van der Waals surface area contributed by atoms with E-state index in [1.54, 1.807) is 0 Å². The molecular formula is C8H16BrNO2. The zero-order valence-corrected chi connectivity index (χ0v) is 8.79. The first-order valence-electron chi connectivity index (χ1n) is 4.33. The van der Waals surface area contributed by atoms with E-state index in [0.717, 1.165) is 38.2 Å². The number of alkyl halides is 1. The van der Waals surface area contributed by atoms with Crippen LogP contribution in [0.4, 0.5) is 0 Å². The van der Waals surface area contributed by atoms with Crippen molar-refractivity contribution in [3.05, 3.63) is 0 Å². The van der Waals surface area contributed by atoms with Gasteiger partial charge in [-0.2, -0.15) is 0 Å². The molecule has 1 atom stereocenters. The van der Waals surface area contributed by atoms with Gasteiger partial charge in [0.05, 0.1) is 13.2 Å². The Morgan fingerprint density at radius 1 is 1.42 bits per heavy atom. The number of morpholine rings is 1. The fraction of sp³-hybridized carbons (Fsp3) is 1.00. The molecule has 0 spiro atoms. The van der Waals surface area contributed by atoms with E-state index in [9.17, 15) is 0 Å². The van der Waals surface area contributed by atoms with Crippen LogP contribution in [-0.2, 0) is 4.74 Å². The summed E-state index contributed by atoms with van der Waals surface area (Å²) in [5.74, 6) is 0.364. The Morgan fingerprint density at radius 2 is 2.08 bits per heavy atom. The van der Waals surface area contributed by atoms with Gasteiger partial charge in [0, 0.05) is 37.5 Å². The maximum absolute atomic E-state index is 8.97. The third kappa shape index (κ3) is 3.39. The molecule has 0 radical (unpaired) electrons. The number of aliphatic hydroxyl groups excluding tert-OH is 1. The number of rotatable bonds is 4. The standard InChI is InChI=1S/C8H16BrNO2/c9-5-8(7-11)6-10-1-3-12-4-2-10/h8,11H,1-7H2. The minimum atomic E-state index is 0.266. The lowest BCUT2D eigenvalue weighted by Gasteiger charge is -2.29.